The first-order valence-electron chi connectivity index (χ1n) is 7.62. The van der Waals surface area contributed by atoms with Crippen LogP contribution in [-0.2, 0) is 4.79 Å². The van der Waals surface area contributed by atoms with Crippen LogP contribution in [0.3, 0.4) is 0 Å². The van der Waals surface area contributed by atoms with Gasteiger partial charge in [0.2, 0.25) is 5.13 Å². The van der Waals surface area contributed by atoms with Crippen molar-refractivity contribution in [3.8, 4) is 11.3 Å². The van der Waals surface area contributed by atoms with E-state index in [0.717, 1.165) is 5.56 Å². The van der Waals surface area contributed by atoms with Gasteiger partial charge in [0, 0.05) is 35.3 Å². The molecule has 0 unspecified atom stereocenters. The summed E-state index contributed by atoms with van der Waals surface area (Å²) in [6.45, 7) is 0. The molecule has 0 radical (unpaired) electrons. The molecule has 8 heteroatoms. The van der Waals surface area contributed by atoms with Gasteiger partial charge >= 0.3 is 0 Å². The third-order valence-electron chi connectivity index (χ3n) is 3.62. The highest BCUT2D eigenvalue weighted by molar-refractivity contribution is 8.18. The molecule has 1 aromatic carbocycles. The minimum atomic E-state index is -0.119. The van der Waals surface area contributed by atoms with Crippen molar-refractivity contribution in [2.45, 2.75) is 0 Å². The van der Waals surface area contributed by atoms with E-state index in [9.17, 15) is 4.79 Å². The average Bonchev–Trinajstić information content (AvgIpc) is 3.35. The van der Waals surface area contributed by atoms with Crippen LogP contribution in [0.15, 0.2) is 62.3 Å². The van der Waals surface area contributed by atoms with Crippen LogP contribution in [-0.4, -0.2) is 28.0 Å². The van der Waals surface area contributed by atoms with Crippen molar-refractivity contribution in [1.82, 2.24) is 9.88 Å². The summed E-state index contributed by atoms with van der Waals surface area (Å²) < 4.78 is 5.84. The first-order chi connectivity index (χ1) is 12.6. The lowest BCUT2D eigenvalue weighted by Crippen LogP contribution is -2.23. The molecular weight excluding hydrogens is 390 g/mol. The molecule has 3 heterocycles. The van der Waals surface area contributed by atoms with Crippen molar-refractivity contribution in [2.24, 2.45) is 4.99 Å². The number of halogens is 1. The van der Waals surface area contributed by atoms with Crippen LogP contribution in [0.5, 0.6) is 0 Å². The van der Waals surface area contributed by atoms with Crippen molar-refractivity contribution >= 4 is 57.0 Å². The summed E-state index contributed by atoms with van der Waals surface area (Å²) in [4.78, 5) is 23.0. The number of carbonyl (C=O) groups excluding carboxylic acids is 1. The van der Waals surface area contributed by atoms with Crippen molar-refractivity contribution in [3.05, 3.63) is 63.7 Å². The lowest BCUT2D eigenvalue weighted by molar-refractivity contribution is -0.121. The van der Waals surface area contributed by atoms with Gasteiger partial charge in [-0.25, -0.2) is 4.98 Å². The van der Waals surface area contributed by atoms with Gasteiger partial charge in [0.05, 0.1) is 4.91 Å². The highest BCUT2D eigenvalue weighted by atomic mass is 35.5. The van der Waals surface area contributed by atoms with Crippen LogP contribution >= 0.6 is 34.7 Å². The number of thioether (sulfide) groups is 1. The molecule has 26 heavy (non-hydrogen) atoms. The van der Waals surface area contributed by atoms with Gasteiger partial charge in [-0.2, -0.15) is 4.99 Å². The van der Waals surface area contributed by atoms with Gasteiger partial charge in [-0.3, -0.25) is 9.69 Å². The zero-order valence-electron chi connectivity index (χ0n) is 13.5. The fraction of sp³-hybridized carbons (Fsp3) is 0.0556. The number of likely N-dealkylation sites (N-methyl/N-ethyl adjacent to an activating group) is 1. The molecule has 130 valence electrons. The third kappa shape index (κ3) is 3.46. The van der Waals surface area contributed by atoms with Crippen LogP contribution in [0.2, 0.25) is 5.02 Å². The van der Waals surface area contributed by atoms with E-state index in [0.29, 0.717) is 31.7 Å². The van der Waals surface area contributed by atoms with Crippen molar-refractivity contribution in [3.63, 3.8) is 0 Å². The summed E-state index contributed by atoms with van der Waals surface area (Å²) >= 11 is 8.75. The van der Waals surface area contributed by atoms with Crippen molar-refractivity contribution in [2.75, 3.05) is 7.05 Å². The number of nitrogens with zero attached hydrogens (tertiary/aromatic N) is 3. The first-order valence-corrected chi connectivity index (χ1v) is 9.69. The summed E-state index contributed by atoms with van der Waals surface area (Å²) in [6.07, 6.45) is 3.41. The average molecular weight is 402 g/mol. The standard InChI is InChI=1S/C18H12ClN3O2S2/c1-22-16(23)15(26-18(22)21-17-20-7-8-25-17)10-13-5-6-14(24-13)11-3-2-4-12(19)9-11/h2-10H,1H3/b15-10+,21-18+. The number of thiazole rings is 1. The smallest absolute Gasteiger partial charge is 0.266 e. The number of benzene rings is 1. The van der Waals surface area contributed by atoms with Crippen LogP contribution in [0, 0.1) is 0 Å². The fourth-order valence-electron chi connectivity index (χ4n) is 2.36. The summed E-state index contributed by atoms with van der Waals surface area (Å²) in [7, 11) is 1.70. The quantitative estimate of drug-likeness (QED) is 0.559. The second-order valence-electron chi connectivity index (χ2n) is 5.40. The molecule has 1 aliphatic rings. The first kappa shape index (κ1) is 17.1. The second kappa shape index (κ2) is 7.11. The summed E-state index contributed by atoms with van der Waals surface area (Å²) in [5.74, 6) is 1.17. The highest BCUT2D eigenvalue weighted by Crippen LogP contribution is 2.34. The van der Waals surface area contributed by atoms with E-state index < -0.39 is 0 Å². The molecule has 0 spiro atoms. The third-order valence-corrected chi connectivity index (χ3v) is 5.58. The summed E-state index contributed by atoms with van der Waals surface area (Å²) in [5, 5.41) is 3.70. The maximum Gasteiger partial charge on any atom is 0.266 e. The number of carbonyl (C=O) groups is 1. The number of hydrogen-bond donors (Lipinski definition) is 0. The van der Waals surface area contributed by atoms with E-state index in [4.69, 9.17) is 16.0 Å². The minimum absolute atomic E-state index is 0.119. The molecule has 0 atom stereocenters. The Hall–Kier alpha value is -2.35. The maximum atomic E-state index is 12.4. The van der Waals surface area contributed by atoms with Gasteiger partial charge < -0.3 is 4.42 Å². The van der Waals surface area contributed by atoms with Gasteiger partial charge in [-0.1, -0.05) is 23.7 Å². The van der Waals surface area contributed by atoms with Gasteiger partial charge in [0.25, 0.3) is 5.91 Å². The van der Waals surface area contributed by atoms with E-state index in [2.05, 4.69) is 9.98 Å². The van der Waals surface area contributed by atoms with Crippen LogP contribution in [0.4, 0.5) is 5.13 Å². The molecule has 4 rings (SSSR count). The monoisotopic (exact) mass is 401 g/mol. The number of aliphatic imine (C=N–C) groups is 1. The summed E-state index contributed by atoms with van der Waals surface area (Å²) in [5.41, 5.74) is 0.885. The Balaban J connectivity index is 1.60. The molecule has 0 N–H and O–H groups in total. The Morgan fingerprint density at radius 1 is 1.31 bits per heavy atom. The van der Waals surface area contributed by atoms with Gasteiger partial charge in [-0.15, -0.1) is 11.3 Å². The Bertz CT molecular complexity index is 1020. The number of hydrogen-bond acceptors (Lipinski definition) is 6. The number of amidine groups is 1. The minimum Gasteiger partial charge on any atom is -0.457 e. The molecule has 1 aliphatic heterocycles. The zero-order chi connectivity index (χ0) is 18.1. The van der Waals surface area contributed by atoms with Crippen LogP contribution in [0.1, 0.15) is 5.76 Å². The Morgan fingerprint density at radius 3 is 2.96 bits per heavy atom. The zero-order valence-corrected chi connectivity index (χ0v) is 15.9. The van der Waals surface area contributed by atoms with Crippen molar-refractivity contribution < 1.29 is 9.21 Å². The molecule has 0 bridgehead atoms. The number of aromatic nitrogens is 1. The molecule has 3 aromatic rings. The van der Waals surface area contributed by atoms with Crippen LogP contribution < -0.4 is 0 Å². The molecule has 1 fully saturated rings. The molecule has 0 saturated carbocycles. The lowest BCUT2D eigenvalue weighted by atomic mass is 10.2. The molecule has 0 aliphatic carbocycles. The normalized spacial score (nSPS) is 17.6. The molecule has 5 nitrogen and oxygen atoms in total. The Morgan fingerprint density at radius 2 is 2.19 bits per heavy atom. The van der Waals surface area contributed by atoms with E-state index in [-0.39, 0.29) is 5.91 Å². The van der Waals surface area contributed by atoms with Crippen LogP contribution in [0.25, 0.3) is 17.4 Å². The lowest BCUT2D eigenvalue weighted by Gasteiger charge is -2.05. The van der Waals surface area contributed by atoms with Gasteiger partial charge in [0.1, 0.15) is 11.5 Å². The fourth-order valence-corrected chi connectivity index (χ4v) is 4.06. The molecule has 2 aromatic heterocycles. The van der Waals surface area contributed by atoms with E-state index >= 15 is 0 Å². The topological polar surface area (TPSA) is 58.7 Å². The highest BCUT2D eigenvalue weighted by Gasteiger charge is 2.31. The second-order valence-corrected chi connectivity index (χ2v) is 7.71. The SMILES string of the molecule is CN1C(=O)/C(=C\c2ccc(-c3cccc(Cl)c3)o2)S/C1=N/c1nccs1. The number of furan rings is 1. The summed E-state index contributed by atoms with van der Waals surface area (Å²) in [6, 6.07) is 11.1. The van der Waals surface area contributed by atoms with E-state index in [1.54, 1.807) is 19.3 Å². The number of rotatable bonds is 3. The predicted molar refractivity (Wildman–Crippen MR) is 107 cm³/mol. The molecule has 1 saturated heterocycles. The van der Waals surface area contributed by atoms with E-state index in [1.165, 1.54) is 28.0 Å². The van der Waals surface area contributed by atoms with Gasteiger partial charge in [0.15, 0.2) is 5.17 Å². The van der Waals surface area contributed by atoms with Crippen molar-refractivity contribution in [1.29, 1.82) is 0 Å². The maximum absolute atomic E-state index is 12.4. The molecule has 1 amide bonds. The number of amides is 1. The largest absolute Gasteiger partial charge is 0.457 e. The van der Waals surface area contributed by atoms with E-state index in [1.807, 2.05) is 41.8 Å². The molecular formula is C18H12ClN3O2S2. The Labute approximate surface area is 163 Å². The predicted octanol–water partition coefficient (Wildman–Crippen LogP) is 5.29. The Kier molecular flexibility index (Phi) is 4.67. The van der Waals surface area contributed by atoms with Gasteiger partial charge in [-0.05, 0) is 36.0 Å².